The van der Waals surface area contributed by atoms with Crippen molar-refractivity contribution in [3.8, 4) is 0 Å². The van der Waals surface area contributed by atoms with E-state index in [-0.39, 0.29) is 0 Å². The number of carboxylic acid groups (broad SMARTS) is 1. The van der Waals surface area contributed by atoms with E-state index >= 15 is 0 Å². The number of aliphatic hydroxyl groups excluding tert-OH is 3. The Kier molecular flexibility index (Phi) is 4.80. The number of nitrogens with two attached hydrogens (primary N) is 1. The summed E-state index contributed by atoms with van der Waals surface area (Å²) in [5, 5.41) is 36.8. The molecule has 8 heteroatoms. The van der Waals surface area contributed by atoms with E-state index in [1.807, 2.05) is 0 Å². The first-order valence-electron chi connectivity index (χ1n) is 5.14. The number of hydrogen-bond acceptors (Lipinski definition) is 7. The Bertz CT molecular complexity index is 274. The van der Waals surface area contributed by atoms with Crippen molar-refractivity contribution in [3.05, 3.63) is 0 Å². The van der Waals surface area contributed by atoms with E-state index in [1.165, 1.54) is 6.92 Å². The lowest BCUT2D eigenvalue weighted by Crippen LogP contribution is -2.63. The highest BCUT2D eigenvalue weighted by Crippen LogP contribution is 2.22. The van der Waals surface area contributed by atoms with Crippen LogP contribution in [0, 0.1) is 0 Å². The van der Waals surface area contributed by atoms with Crippen molar-refractivity contribution >= 4 is 5.97 Å². The van der Waals surface area contributed by atoms with Crippen molar-refractivity contribution in [2.45, 2.75) is 43.7 Å². The molecule has 0 aliphatic carbocycles. The molecule has 0 aromatic carbocycles. The molecule has 6 atom stereocenters. The first kappa shape index (κ1) is 14.3. The quantitative estimate of drug-likeness (QED) is 0.361. The van der Waals surface area contributed by atoms with Gasteiger partial charge in [-0.15, -0.1) is 0 Å². The number of aliphatic hydroxyl groups is 3. The lowest BCUT2D eigenvalue weighted by atomic mass is 9.97. The molecule has 1 rings (SSSR count). The molecular formula is C9H17NO7. The summed E-state index contributed by atoms with van der Waals surface area (Å²) >= 11 is 0. The van der Waals surface area contributed by atoms with Gasteiger partial charge < -0.3 is 35.6 Å². The Balaban J connectivity index is 2.74. The summed E-state index contributed by atoms with van der Waals surface area (Å²) < 4.78 is 9.89. The maximum Gasteiger partial charge on any atom is 0.332 e. The van der Waals surface area contributed by atoms with Gasteiger partial charge in [0.1, 0.15) is 18.3 Å². The summed E-state index contributed by atoms with van der Waals surface area (Å²) in [7, 11) is 0. The Morgan fingerprint density at radius 3 is 2.59 bits per heavy atom. The van der Waals surface area contributed by atoms with Gasteiger partial charge in [0.05, 0.1) is 12.6 Å². The predicted molar refractivity (Wildman–Crippen MR) is 53.9 cm³/mol. The van der Waals surface area contributed by atoms with E-state index in [9.17, 15) is 15.0 Å². The Labute approximate surface area is 97.6 Å². The number of ether oxygens (including phenoxy) is 2. The Hall–Kier alpha value is -0.770. The van der Waals surface area contributed by atoms with Crippen molar-refractivity contribution in [1.82, 2.24) is 0 Å². The molecular weight excluding hydrogens is 234 g/mol. The summed E-state index contributed by atoms with van der Waals surface area (Å²) in [5.41, 5.74) is 5.54. The van der Waals surface area contributed by atoms with Gasteiger partial charge in [-0.05, 0) is 6.92 Å². The lowest BCUT2D eigenvalue weighted by molar-refractivity contribution is -0.262. The zero-order valence-electron chi connectivity index (χ0n) is 9.26. The minimum Gasteiger partial charge on any atom is -0.479 e. The highest BCUT2D eigenvalue weighted by molar-refractivity contribution is 5.71. The summed E-state index contributed by atoms with van der Waals surface area (Å²) in [6.45, 7) is 0.740. The maximum absolute atomic E-state index is 10.6. The molecule has 0 aromatic heterocycles. The standard InChI is InChI=1S/C9H17NO7/c1-3(8(13)14)16-7-5(10)9(15)17-4(2-11)6(7)12/h3-7,9,11-12,15H,2,10H2,1H3,(H,13,14)/t3-,4?,5+,6-,7-,9-/m1/s1. The summed E-state index contributed by atoms with van der Waals surface area (Å²) in [6.07, 6.45) is -6.11. The van der Waals surface area contributed by atoms with Crippen LogP contribution in [0.15, 0.2) is 0 Å². The zero-order chi connectivity index (χ0) is 13.2. The van der Waals surface area contributed by atoms with Crippen molar-refractivity contribution < 1.29 is 34.7 Å². The van der Waals surface area contributed by atoms with E-state index in [2.05, 4.69) is 0 Å². The smallest absolute Gasteiger partial charge is 0.332 e. The van der Waals surface area contributed by atoms with Gasteiger partial charge in [-0.3, -0.25) is 0 Å². The van der Waals surface area contributed by atoms with Crippen LogP contribution in [0.25, 0.3) is 0 Å². The molecule has 8 nitrogen and oxygen atoms in total. The van der Waals surface area contributed by atoms with Crippen molar-refractivity contribution in [3.63, 3.8) is 0 Å². The third-order valence-corrected chi connectivity index (χ3v) is 2.63. The average Bonchev–Trinajstić information content (AvgIpc) is 2.28. The maximum atomic E-state index is 10.6. The molecule has 0 aromatic rings. The molecule has 1 aliphatic heterocycles. The second kappa shape index (κ2) is 5.71. The molecule has 6 N–H and O–H groups in total. The average molecular weight is 251 g/mol. The molecule has 1 saturated heterocycles. The molecule has 0 saturated carbocycles. The van der Waals surface area contributed by atoms with E-state index in [1.54, 1.807) is 0 Å². The van der Waals surface area contributed by atoms with Crippen molar-refractivity contribution in [2.75, 3.05) is 6.61 Å². The van der Waals surface area contributed by atoms with Crippen LogP contribution in [-0.4, -0.2) is 69.8 Å². The van der Waals surface area contributed by atoms with Gasteiger partial charge in [0.15, 0.2) is 12.4 Å². The third kappa shape index (κ3) is 3.12. The Morgan fingerprint density at radius 2 is 2.12 bits per heavy atom. The van der Waals surface area contributed by atoms with Crippen LogP contribution in [0.1, 0.15) is 6.92 Å². The molecule has 0 bridgehead atoms. The van der Waals surface area contributed by atoms with Crippen molar-refractivity contribution in [1.29, 1.82) is 0 Å². The molecule has 0 spiro atoms. The predicted octanol–water partition coefficient (Wildman–Crippen LogP) is -2.76. The van der Waals surface area contributed by atoms with Crippen LogP contribution in [0.4, 0.5) is 0 Å². The first-order valence-corrected chi connectivity index (χ1v) is 5.14. The summed E-state index contributed by atoms with van der Waals surface area (Å²) in [5.74, 6) is -1.22. The highest BCUT2D eigenvalue weighted by atomic mass is 16.6. The largest absolute Gasteiger partial charge is 0.479 e. The fourth-order valence-electron chi connectivity index (χ4n) is 1.57. The van der Waals surface area contributed by atoms with Gasteiger partial charge in [-0.2, -0.15) is 0 Å². The summed E-state index contributed by atoms with van der Waals surface area (Å²) in [6, 6.07) is -1.09. The van der Waals surface area contributed by atoms with Crippen LogP contribution >= 0.6 is 0 Å². The molecule has 17 heavy (non-hydrogen) atoms. The number of hydrogen-bond donors (Lipinski definition) is 5. The molecule has 0 amide bonds. The van der Waals surface area contributed by atoms with Crippen LogP contribution in [0.5, 0.6) is 0 Å². The van der Waals surface area contributed by atoms with Gasteiger partial charge in [0.25, 0.3) is 0 Å². The minimum absolute atomic E-state index is 0.535. The topological polar surface area (TPSA) is 142 Å². The number of aliphatic carboxylic acids is 1. The minimum atomic E-state index is -1.43. The molecule has 100 valence electrons. The molecule has 0 radical (unpaired) electrons. The van der Waals surface area contributed by atoms with Gasteiger partial charge in [-0.1, -0.05) is 0 Å². The van der Waals surface area contributed by atoms with Gasteiger partial charge in [-0.25, -0.2) is 4.79 Å². The van der Waals surface area contributed by atoms with Crippen molar-refractivity contribution in [2.24, 2.45) is 5.73 Å². The molecule has 1 heterocycles. The normalized spacial score (nSPS) is 39.9. The first-order chi connectivity index (χ1) is 7.88. The van der Waals surface area contributed by atoms with E-state index in [4.69, 9.17) is 25.4 Å². The lowest BCUT2D eigenvalue weighted by Gasteiger charge is -2.41. The monoisotopic (exact) mass is 251 g/mol. The van der Waals surface area contributed by atoms with E-state index in [0.29, 0.717) is 0 Å². The SMILES string of the molecule is C[C@@H](O[C@@H]1[C@H](N)[C@H](O)OC(CO)[C@H]1O)C(=O)O. The van der Waals surface area contributed by atoms with Gasteiger partial charge in [0, 0.05) is 0 Å². The zero-order valence-corrected chi connectivity index (χ0v) is 9.26. The van der Waals surface area contributed by atoms with E-state index in [0.717, 1.165) is 0 Å². The second-order valence-electron chi connectivity index (χ2n) is 3.90. The van der Waals surface area contributed by atoms with Crippen LogP contribution < -0.4 is 5.73 Å². The van der Waals surface area contributed by atoms with Crippen LogP contribution in [-0.2, 0) is 14.3 Å². The van der Waals surface area contributed by atoms with Crippen LogP contribution in [0.3, 0.4) is 0 Å². The van der Waals surface area contributed by atoms with E-state index < -0.39 is 49.3 Å². The number of rotatable bonds is 4. The molecule has 1 fully saturated rings. The van der Waals surface area contributed by atoms with Gasteiger partial charge >= 0.3 is 5.97 Å². The fourth-order valence-corrected chi connectivity index (χ4v) is 1.57. The third-order valence-electron chi connectivity index (χ3n) is 2.63. The molecule has 1 unspecified atom stereocenters. The van der Waals surface area contributed by atoms with Gasteiger partial charge in [0.2, 0.25) is 0 Å². The second-order valence-corrected chi connectivity index (χ2v) is 3.90. The Morgan fingerprint density at radius 1 is 1.53 bits per heavy atom. The summed E-state index contributed by atoms with van der Waals surface area (Å²) in [4.78, 5) is 10.6. The highest BCUT2D eigenvalue weighted by Gasteiger charge is 2.44. The van der Waals surface area contributed by atoms with Crippen LogP contribution in [0.2, 0.25) is 0 Å². The fraction of sp³-hybridized carbons (Fsp3) is 0.889. The molecule has 1 aliphatic rings. The number of carbonyl (C=O) groups is 1. The number of carboxylic acids is 1.